The van der Waals surface area contributed by atoms with E-state index in [0.717, 1.165) is 38.0 Å². The number of rotatable bonds is 6. The van der Waals surface area contributed by atoms with Crippen LogP contribution in [-0.2, 0) is 4.79 Å². The Morgan fingerprint density at radius 2 is 1.86 bits per heavy atom. The Labute approximate surface area is 177 Å². The maximum absolute atomic E-state index is 13.0. The van der Waals surface area contributed by atoms with Crippen LogP contribution in [0.3, 0.4) is 0 Å². The maximum Gasteiger partial charge on any atom is 0.163 e. The molecule has 4 heteroatoms. The topological polar surface area (TPSA) is 37.4 Å². The van der Waals surface area contributed by atoms with Crippen LogP contribution in [0.5, 0.6) is 0 Å². The van der Waals surface area contributed by atoms with Crippen molar-refractivity contribution < 1.29 is 9.59 Å². The number of allylic oxidation sites excluding steroid dienone is 4. The minimum absolute atomic E-state index is 0.110. The van der Waals surface area contributed by atoms with E-state index >= 15 is 0 Å². The molecule has 0 bridgehead atoms. The van der Waals surface area contributed by atoms with Crippen LogP contribution in [0.15, 0.2) is 39.4 Å². The van der Waals surface area contributed by atoms with Crippen LogP contribution in [0.4, 0.5) is 5.69 Å². The van der Waals surface area contributed by atoms with Gasteiger partial charge in [-0.25, -0.2) is 0 Å². The van der Waals surface area contributed by atoms with E-state index in [9.17, 15) is 9.59 Å². The fourth-order valence-corrected chi connectivity index (χ4v) is 5.05. The Morgan fingerprint density at radius 1 is 1.18 bits per heavy atom. The van der Waals surface area contributed by atoms with Gasteiger partial charge in [0.1, 0.15) is 0 Å². The lowest BCUT2D eigenvalue weighted by Gasteiger charge is -2.29. The standard InChI is InChI=1S/C24H30BrNO2/c1-15-11-16(2)20(24(28)12-15)9-10-23(27)21-13-18(25)14-22(17(21)3)26(4)19-7-5-6-8-19/h11,13-14,19H,5-10,12H2,1-4H3. The molecule has 1 saturated carbocycles. The molecular formula is C24H30BrNO2. The molecule has 150 valence electrons. The van der Waals surface area contributed by atoms with Crippen LogP contribution in [0.25, 0.3) is 0 Å². The number of anilines is 1. The molecule has 2 aliphatic carbocycles. The van der Waals surface area contributed by atoms with Crippen molar-refractivity contribution >= 4 is 33.2 Å². The fraction of sp³-hybridized carbons (Fsp3) is 0.500. The van der Waals surface area contributed by atoms with Crippen LogP contribution >= 0.6 is 15.9 Å². The van der Waals surface area contributed by atoms with Crippen LogP contribution in [0.1, 0.15) is 74.7 Å². The van der Waals surface area contributed by atoms with Crippen molar-refractivity contribution in [2.75, 3.05) is 11.9 Å². The maximum atomic E-state index is 13.0. The summed E-state index contributed by atoms with van der Waals surface area (Å²) in [6, 6.07) is 4.60. The molecule has 0 aromatic heterocycles. The molecule has 3 nitrogen and oxygen atoms in total. The molecular weight excluding hydrogens is 414 g/mol. The molecule has 0 spiro atoms. The van der Waals surface area contributed by atoms with Gasteiger partial charge in [0.2, 0.25) is 0 Å². The van der Waals surface area contributed by atoms with Gasteiger partial charge in [-0.1, -0.05) is 40.4 Å². The lowest BCUT2D eigenvalue weighted by Crippen LogP contribution is -2.29. The molecule has 0 unspecified atom stereocenters. The molecule has 3 rings (SSSR count). The zero-order valence-electron chi connectivity index (χ0n) is 17.4. The molecule has 0 N–H and O–H groups in total. The fourth-order valence-electron chi connectivity index (χ4n) is 4.61. The van der Waals surface area contributed by atoms with E-state index in [-0.39, 0.29) is 11.6 Å². The summed E-state index contributed by atoms with van der Waals surface area (Å²) in [5.74, 6) is 0.275. The summed E-state index contributed by atoms with van der Waals surface area (Å²) in [7, 11) is 2.14. The summed E-state index contributed by atoms with van der Waals surface area (Å²) in [6.45, 7) is 6.00. The van der Waals surface area contributed by atoms with E-state index in [4.69, 9.17) is 0 Å². The summed E-state index contributed by atoms with van der Waals surface area (Å²) in [6.07, 6.45) is 8.44. The van der Waals surface area contributed by atoms with Gasteiger partial charge in [-0.3, -0.25) is 9.59 Å². The van der Waals surface area contributed by atoms with Crippen molar-refractivity contribution in [3.05, 3.63) is 50.5 Å². The highest BCUT2D eigenvalue weighted by Crippen LogP contribution is 2.34. The first-order valence-electron chi connectivity index (χ1n) is 10.2. The van der Waals surface area contributed by atoms with Crippen molar-refractivity contribution in [3.63, 3.8) is 0 Å². The lowest BCUT2D eigenvalue weighted by molar-refractivity contribution is -0.115. The van der Waals surface area contributed by atoms with Crippen molar-refractivity contribution in [1.82, 2.24) is 0 Å². The molecule has 0 atom stereocenters. The third kappa shape index (κ3) is 4.48. The third-order valence-corrected chi connectivity index (χ3v) is 6.67. The molecule has 0 radical (unpaired) electrons. The molecule has 2 aliphatic rings. The van der Waals surface area contributed by atoms with Crippen molar-refractivity contribution in [1.29, 1.82) is 0 Å². The predicted octanol–water partition coefficient (Wildman–Crippen LogP) is 6.33. The number of hydrogen-bond acceptors (Lipinski definition) is 3. The van der Waals surface area contributed by atoms with Crippen molar-refractivity contribution in [2.45, 2.75) is 71.8 Å². The van der Waals surface area contributed by atoms with Gasteiger partial charge in [0, 0.05) is 41.7 Å². The Bertz CT molecular complexity index is 860. The zero-order chi connectivity index (χ0) is 20.4. The summed E-state index contributed by atoms with van der Waals surface area (Å²) >= 11 is 3.60. The number of ketones is 2. The minimum atomic E-state index is 0.110. The number of halogens is 1. The average molecular weight is 444 g/mol. The molecule has 0 heterocycles. The lowest BCUT2D eigenvalue weighted by atomic mass is 9.88. The average Bonchev–Trinajstić information content (AvgIpc) is 3.16. The molecule has 28 heavy (non-hydrogen) atoms. The first kappa shape index (κ1) is 21.0. The van der Waals surface area contributed by atoms with Gasteiger partial charge >= 0.3 is 0 Å². The predicted molar refractivity (Wildman–Crippen MR) is 119 cm³/mol. The van der Waals surface area contributed by atoms with E-state index in [1.165, 1.54) is 25.7 Å². The van der Waals surface area contributed by atoms with E-state index in [0.29, 0.717) is 25.3 Å². The highest BCUT2D eigenvalue weighted by molar-refractivity contribution is 9.10. The highest BCUT2D eigenvalue weighted by atomic mass is 79.9. The Kier molecular flexibility index (Phi) is 6.59. The van der Waals surface area contributed by atoms with Gasteiger partial charge in [-0.2, -0.15) is 0 Å². The van der Waals surface area contributed by atoms with E-state index in [1.54, 1.807) is 0 Å². The van der Waals surface area contributed by atoms with Crippen LogP contribution in [0.2, 0.25) is 0 Å². The SMILES string of the molecule is CC1=CC(C)=C(CCC(=O)c2cc(Br)cc(N(C)C3CCCC3)c2C)C(=O)C1. The molecule has 0 saturated heterocycles. The van der Waals surface area contributed by atoms with Crippen LogP contribution in [-0.4, -0.2) is 24.7 Å². The van der Waals surface area contributed by atoms with Gasteiger partial charge in [-0.15, -0.1) is 0 Å². The summed E-state index contributed by atoms with van der Waals surface area (Å²) in [5, 5.41) is 0. The zero-order valence-corrected chi connectivity index (χ0v) is 19.0. The summed E-state index contributed by atoms with van der Waals surface area (Å²) in [5.41, 5.74) is 5.86. The van der Waals surface area contributed by atoms with Gasteiger partial charge in [0.15, 0.2) is 11.6 Å². The van der Waals surface area contributed by atoms with Gasteiger partial charge in [0.25, 0.3) is 0 Å². The summed E-state index contributed by atoms with van der Waals surface area (Å²) < 4.78 is 0.934. The largest absolute Gasteiger partial charge is 0.371 e. The quantitative estimate of drug-likeness (QED) is 0.481. The minimum Gasteiger partial charge on any atom is -0.371 e. The monoisotopic (exact) mass is 443 g/mol. The Balaban J connectivity index is 1.80. The molecule has 0 aliphatic heterocycles. The smallest absolute Gasteiger partial charge is 0.163 e. The highest BCUT2D eigenvalue weighted by Gasteiger charge is 2.24. The van der Waals surface area contributed by atoms with Gasteiger partial charge < -0.3 is 4.90 Å². The number of nitrogens with zero attached hydrogens (tertiary/aromatic N) is 1. The number of hydrogen-bond donors (Lipinski definition) is 0. The van der Waals surface area contributed by atoms with E-state index in [1.807, 2.05) is 26.8 Å². The second-order valence-electron chi connectivity index (χ2n) is 8.32. The number of carbonyl (C=O) groups excluding carboxylic acids is 2. The van der Waals surface area contributed by atoms with Crippen LogP contribution in [0, 0.1) is 6.92 Å². The second-order valence-corrected chi connectivity index (χ2v) is 9.24. The molecule has 0 amide bonds. The first-order valence-corrected chi connectivity index (χ1v) is 11.0. The number of Topliss-reactive ketones (excluding diaryl/α,β-unsaturated/α-hetero) is 2. The number of benzene rings is 1. The first-order chi connectivity index (χ1) is 13.3. The van der Waals surface area contributed by atoms with Crippen molar-refractivity contribution in [2.24, 2.45) is 0 Å². The van der Waals surface area contributed by atoms with Gasteiger partial charge in [0.05, 0.1) is 0 Å². The molecule has 1 fully saturated rings. The van der Waals surface area contributed by atoms with Crippen molar-refractivity contribution in [3.8, 4) is 0 Å². The van der Waals surface area contributed by atoms with E-state index in [2.05, 4.69) is 40.0 Å². The van der Waals surface area contributed by atoms with Gasteiger partial charge in [-0.05, 0) is 68.9 Å². The Morgan fingerprint density at radius 3 is 2.50 bits per heavy atom. The third-order valence-electron chi connectivity index (χ3n) is 6.21. The Hall–Kier alpha value is -1.68. The van der Waals surface area contributed by atoms with E-state index < -0.39 is 0 Å². The second kappa shape index (κ2) is 8.77. The summed E-state index contributed by atoms with van der Waals surface area (Å²) in [4.78, 5) is 27.7. The molecule has 1 aromatic carbocycles. The molecule has 1 aromatic rings. The number of carbonyl (C=O) groups is 2. The van der Waals surface area contributed by atoms with Crippen LogP contribution < -0.4 is 4.90 Å². The normalized spacial score (nSPS) is 17.9.